The number of alkyl carbamates (subject to hydrolysis) is 1. The first kappa shape index (κ1) is 21.7. The molecular formula is C22H36N4O3. The zero-order valence-corrected chi connectivity index (χ0v) is 18.7. The molecule has 2 heterocycles. The maximum Gasteiger partial charge on any atom is 0.408 e. The molecule has 1 fully saturated rings. The predicted octanol–water partition coefficient (Wildman–Crippen LogP) is 3.44. The van der Waals surface area contributed by atoms with Crippen LogP contribution in [-0.4, -0.2) is 47.5 Å². The Kier molecular flexibility index (Phi) is 5.99. The summed E-state index contributed by atoms with van der Waals surface area (Å²) in [6.45, 7) is 13.2. The Hall–Kier alpha value is -2.02. The number of aromatic nitrogens is 1. The number of rotatable bonds is 3. The SMILES string of the molecule is CC(C)(C)OC(=O)N[C@H]1CN(c2c(N)cnc3c2CCC3)CC[C@@H]1OC(C)(C)C. The van der Waals surface area contributed by atoms with Crippen LogP contribution in [0.5, 0.6) is 0 Å². The molecule has 2 atom stereocenters. The average molecular weight is 405 g/mol. The number of aryl methyl sites for hydroxylation is 1. The van der Waals surface area contributed by atoms with Gasteiger partial charge in [-0.1, -0.05) is 0 Å². The number of nitrogens with two attached hydrogens (primary N) is 1. The van der Waals surface area contributed by atoms with Crippen LogP contribution < -0.4 is 16.0 Å². The molecule has 1 aliphatic heterocycles. The van der Waals surface area contributed by atoms with Gasteiger partial charge < -0.3 is 25.4 Å². The van der Waals surface area contributed by atoms with E-state index in [9.17, 15) is 4.79 Å². The highest BCUT2D eigenvalue weighted by Gasteiger charge is 2.36. The van der Waals surface area contributed by atoms with Crippen LogP contribution in [-0.2, 0) is 22.3 Å². The van der Waals surface area contributed by atoms with Crippen molar-refractivity contribution in [3.63, 3.8) is 0 Å². The number of hydrogen-bond donors (Lipinski definition) is 2. The van der Waals surface area contributed by atoms with E-state index in [2.05, 4.69) is 15.2 Å². The number of nitrogens with zero attached hydrogens (tertiary/aromatic N) is 2. The smallest absolute Gasteiger partial charge is 0.408 e. The number of carbonyl (C=O) groups is 1. The number of pyridine rings is 1. The number of carbonyl (C=O) groups excluding carboxylic acids is 1. The first-order valence-corrected chi connectivity index (χ1v) is 10.6. The molecule has 2 aliphatic rings. The summed E-state index contributed by atoms with van der Waals surface area (Å²) in [6.07, 6.45) is 5.19. The van der Waals surface area contributed by atoms with Crippen LogP contribution in [0, 0.1) is 0 Å². The fourth-order valence-electron chi connectivity index (χ4n) is 4.21. The molecule has 1 amide bonds. The molecule has 0 bridgehead atoms. The zero-order valence-electron chi connectivity index (χ0n) is 18.7. The lowest BCUT2D eigenvalue weighted by molar-refractivity contribution is -0.0815. The van der Waals surface area contributed by atoms with Crippen molar-refractivity contribution < 1.29 is 14.3 Å². The van der Waals surface area contributed by atoms with Gasteiger partial charge in [-0.25, -0.2) is 4.79 Å². The van der Waals surface area contributed by atoms with E-state index in [-0.39, 0.29) is 17.7 Å². The van der Waals surface area contributed by atoms with Gasteiger partial charge >= 0.3 is 6.09 Å². The van der Waals surface area contributed by atoms with Crippen molar-refractivity contribution in [3.05, 3.63) is 17.5 Å². The fraction of sp³-hybridized carbons (Fsp3) is 0.727. The van der Waals surface area contributed by atoms with Crippen molar-refractivity contribution >= 4 is 17.5 Å². The van der Waals surface area contributed by atoms with Gasteiger partial charge in [-0.2, -0.15) is 0 Å². The van der Waals surface area contributed by atoms with Gasteiger partial charge in [0.1, 0.15) is 5.60 Å². The Balaban J connectivity index is 1.82. The normalized spacial score (nSPS) is 22.3. The number of amides is 1. The molecule has 0 saturated carbocycles. The van der Waals surface area contributed by atoms with Crippen LogP contribution in [0.1, 0.15) is 65.6 Å². The van der Waals surface area contributed by atoms with Crippen molar-refractivity contribution in [2.75, 3.05) is 23.7 Å². The molecule has 1 saturated heterocycles. The fourth-order valence-corrected chi connectivity index (χ4v) is 4.21. The standard InChI is InChI=1S/C22H36N4O3/c1-21(2,3)28-18-10-11-26(13-17(18)25-20(27)29-22(4,5)6)19-14-8-7-9-16(14)24-12-15(19)23/h12,17-18H,7-11,13,23H2,1-6H3,(H,25,27)/t17-,18-/m0/s1. The number of hydrogen-bond acceptors (Lipinski definition) is 6. The highest BCUT2D eigenvalue weighted by molar-refractivity contribution is 5.73. The van der Waals surface area contributed by atoms with E-state index in [0.717, 1.165) is 43.6 Å². The summed E-state index contributed by atoms with van der Waals surface area (Å²) >= 11 is 0. The third-order valence-corrected chi connectivity index (χ3v) is 5.18. The molecule has 3 rings (SSSR count). The Labute approximate surface area is 174 Å². The van der Waals surface area contributed by atoms with Crippen LogP contribution in [0.25, 0.3) is 0 Å². The van der Waals surface area contributed by atoms with Crippen LogP contribution >= 0.6 is 0 Å². The third kappa shape index (κ3) is 5.53. The maximum atomic E-state index is 12.5. The van der Waals surface area contributed by atoms with Crippen molar-refractivity contribution in [2.24, 2.45) is 0 Å². The lowest BCUT2D eigenvalue weighted by Crippen LogP contribution is -2.58. The van der Waals surface area contributed by atoms with Crippen LogP contribution in [0.4, 0.5) is 16.2 Å². The summed E-state index contributed by atoms with van der Waals surface area (Å²) in [7, 11) is 0. The van der Waals surface area contributed by atoms with Crippen LogP contribution in [0.2, 0.25) is 0 Å². The Morgan fingerprint density at radius 2 is 1.93 bits per heavy atom. The topological polar surface area (TPSA) is 89.7 Å². The number of nitrogens with one attached hydrogen (secondary N) is 1. The number of fused-ring (bicyclic) bond motifs is 1. The van der Waals surface area contributed by atoms with E-state index in [0.29, 0.717) is 12.2 Å². The molecule has 1 aromatic rings. The molecule has 7 nitrogen and oxygen atoms in total. The highest BCUT2D eigenvalue weighted by atomic mass is 16.6. The summed E-state index contributed by atoms with van der Waals surface area (Å²) in [5.74, 6) is 0. The van der Waals surface area contributed by atoms with E-state index in [4.69, 9.17) is 15.2 Å². The predicted molar refractivity (Wildman–Crippen MR) is 115 cm³/mol. The molecule has 1 aromatic heterocycles. The minimum Gasteiger partial charge on any atom is -0.444 e. The van der Waals surface area contributed by atoms with E-state index in [1.165, 1.54) is 5.56 Å². The monoisotopic (exact) mass is 404 g/mol. The minimum atomic E-state index is -0.546. The van der Waals surface area contributed by atoms with Gasteiger partial charge in [-0.15, -0.1) is 0 Å². The van der Waals surface area contributed by atoms with E-state index in [1.54, 1.807) is 6.20 Å². The molecule has 7 heteroatoms. The van der Waals surface area contributed by atoms with Gasteiger partial charge in [-0.3, -0.25) is 4.98 Å². The molecule has 3 N–H and O–H groups in total. The second kappa shape index (κ2) is 8.01. The Bertz CT molecular complexity index is 752. The van der Waals surface area contributed by atoms with Gasteiger partial charge in [0, 0.05) is 18.8 Å². The first-order chi connectivity index (χ1) is 13.4. The zero-order chi connectivity index (χ0) is 21.4. The second-order valence-corrected chi connectivity index (χ2v) is 10.1. The highest BCUT2D eigenvalue weighted by Crippen LogP contribution is 2.36. The number of nitrogen functional groups attached to an aromatic ring is 1. The molecule has 162 valence electrons. The van der Waals surface area contributed by atoms with Gasteiger partial charge in [0.05, 0.1) is 35.3 Å². The first-order valence-electron chi connectivity index (χ1n) is 10.6. The molecule has 0 aromatic carbocycles. The maximum absolute atomic E-state index is 12.5. The lowest BCUT2D eigenvalue weighted by atomic mass is 9.98. The van der Waals surface area contributed by atoms with Gasteiger partial charge in [0.15, 0.2) is 0 Å². The van der Waals surface area contributed by atoms with E-state index >= 15 is 0 Å². The average Bonchev–Trinajstić information content (AvgIpc) is 3.02. The third-order valence-electron chi connectivity index (χ3n) is 5.18. The molecule has 0 radical (unpaired) electrons. The summed E-state index contributed by atoms with van der Waals surface area (Å²) < 4.78 is 11.8. The summed E-state index contributed by atoms with van der Waals surface area (Å²) in [5.41, 5.74) is 9.70. The van der Waals surface area contributed by atoms with Crippen molar-refractivity contribution in [1.29, 1.82) is 0 Å². The molecule has 0 spiro atoms. The van der Waals surface area contributed by atoms with Gasteiger partial charge in [-0.05, 0) is 72.8 Å². The molecule has 29 heavy (non-hydrogen) atoms. The van der Waals surface area contributed by atoms with E-state index in [1.807, 2.05) is 41.5 Å². The molecule has 1 aliphatic carbocycles. The van der Waals surface area contributed by atoms with Crippen molar-refractivity contribution in [3.8, 4) is 0 Å². The Morgan fingerprint density at radius 3 is 2.59 bits per heavy atom. The van der Waals surface area contributed by atoms with Crippen LogP contribution in [0.3, 0.4) is 0 Å². The van der Waals surface area contributed by atoms with E-state index < -0.39 is 11.7 Å². The largest absolute Gasteiger partial charge is 0.444 e. The van der Waals surface area contributed by atoms with Crippen molar-refractivity contribution in [2.45, 2.75) is 90.6 Å². The van der Waals surface area contributed by atoms with Crippen LogP contribution in [0.15, 0.2) is 6.20 Å². The molecular weight excluding hydrogens is 368 g/mol. The molecule has 0 unspecified atom stereocenters. The second-order valence-electron chi connectivity index (χ2n) is 10.1. The number of piperidine rings is 1. The quantitative estimate of drug-likeness (QED) is 0.802. The minimum absolute atomic E-state index is 0.0881. The van der Waals surface area contributed by atoms with Gasteiger partial charge in [0.25, 0.3) is 0 Å². The summed E-state index contributed by atoms with van der Waals surface area (Å²) in [4.78, 5) is 19.3. The number of anilines is 2. The summed E-state index contributed by atoms with van der Waals surface area (Å²) in [6, 6.07) is -0.192. The van der Waals surface area contributed by atoms with Gasteiger partial charge in [0.2, 0.25) is 0 Å². The van der Waals surface area contributed by atoms with Crippen molar-refractivity contribution in [1.82, 2.24) is 10.3 Å². The Morgan fingerprint density at radius 1 is 1.21 bits per heavy atom. The summed E-state index contributed by atoms with van der Waals surface area (Å²) in [5, 5.41) is 3.05. The lowest BCUT2D eigenvalue weighted by Gasteiger charge is -2.43. The number of ether oxygens (including phenoxy) is 2.